The van der Waals surface area contributed by atoms with Crippen molar-refractivity contribution in [3.63, 3.8) is 0 Å². The van der Waals surface area contributed by atoms with Crippen molar-refractivity contribution in [1.82, 2.24) is 15.2 Å². The van der Waals surface area contributed by atoms with Gasteiger partial charge in [0.05, 0.1) is 28.6 Å². The van der Waals surface area contributed by atoms with Gasteiger partial charge >= 0.3 is 0 Å². The smallest absolute Gasteiger partial charge is 0.267 e. The Morgan fingerprint density at radius 1 is 1.00 bits per heavy atom. The van der Waals surface area contributed by atoms with E-state index < -0.39 is 10.8 Å². The standard InChI is InChI=1S/C23H17N5O4/c29-22(25-24-14-17-10-4-7-13-20(17)28(31)32)21-18-11-5-6-12-19(18)23(30)27(26-21)15-16-8-2-1-3-9-16/h1-14H,15H2,(H,25,29). The van der Waals surface area contributed by atoms with Gasteiger partial charge in [-0.2, -0.15) is 10.2 Å². The van der Waals surface area contributed by atoms with Crippen molar-refractivity contribution in [2.24, 2.45) is 5.10 Å². The van der Waals surface area contributed by atoms with E-state index in [0.717, 1.165) is 5.56 Å². The van der Waals surface area contributed by atoms with E-state index in [1.807, 2.05) is 30.3 Å². The van der Waals surface area contributed by atoms with E-state index in [9.17, 15) is 19.7 Å². The predicted molar refractivity (Wildman–Crippen MR) is 120 cm³/mol. The molecule has 4 rings (SSSR count). The Bertz CT molecular complexity index is 1400. The number of nitrogens with zero attached hydrogens (tertiary/aromatic N) is 4. The second-order valence-electron chi connectivity index (χ2n) is 6.86. The van der Waals surface area contributed by atoms with Crippen molar-refractivity contribution in [2.45, 2.75) is 6.54 Å². The van der Waals surface area contributed by atoms with Crippen LogP contribution in [0.5, 0.6) is 0 Å². The fourth-order valence-electron chi connectivity index (χ4n) is 3.24. The lowest BCUT2D eigenvalue weighted by molar-refractivity contribution is -0.385. The van der Waals surface area contributed by atoms with Crippen molar-refractivity contribution in [3.8, 4) is 0 Å². The van der Waals surface area contributed by atoms with E-state index in [4.69, 9.17) is 0 Å². The van der Waals surface area contributed by atoms with Crippen molar-refractivity contribution in [3.05, 3.63) is 116 Å². The number of aromatic nitrogens is 2. The summed E-state index contributed by atoms with van der Waals surface area (Å²) >= 11 is 0. The van der Waals surface area contributed by atoms with E-state index >= 15 is 0 Å². The third-order valence-corrected chi connectivity index (χ3v) is 4.76. The van der Waals surface area contributed by atoms with E-state index in [1.54, 1.807) is 36.4 Å². The van der Waals surface area contributed by atoms with E-state index in [1.165, 1.54) is 23.0 Å². The van der Waals surface area contributed by atoms with Gasteiger partial charge in [-0.3, -0.25) is 19.7 Å². The molecule has 158 valence electrons. The molecule has 0 bridgehead atoms. The van der Waals surface area contributed by atoms with Gasteiger partial charge in [-0.15, -0.1) is 0 Å². The average Bonchev–Trinajstić information content (AvgIpc) is 2.81. The minimum atomic E-state index is -0.641. The average molecular weight is 427 g/mol. The highest BCUT2D eigenvalue weighted by Gasteiger charge is 2.17. The van der Waals surface area contributed by atoms with Crippen molar-refractivity contribution < 1.29 is 9.72 Å². The van der Waals surface area contributed by atoms with E-state index in [2.05, 4.69) is 15.6 Å². The molecule has 0 saturated heterocycles. The number of benzene rings is 3. The normalized spacial score (nSPS) is 11.0. The second kappa shape index (κ2) is 9.00. The Hall–Kier alpha value is -4.66. The van der Waals surface area contributed by atoms with Crippen LogP contribution in [0.2, 0.25) is 0 Å². The molecule has 0 aliphatic carbocycles. The molecule has 0 unspecified atom stereocenters. The van der Waals surface area contributed by atoms with Gasteiger partial charge in [0.2, 0.25) is 0 Å². The molecule has 32 heavy (non-hydrogen) atoms. The van der Waals surface area contributed by atoms with Crippen LogP contribution in [0.4, 0.5) is 5.69 Å². The summed E-state index contributed by atoms with van der Waals surface area (Å²) in [5.41, 5.74) is 3.02. The number of hydrogen-bond acceptors (Lipinski definition) is 6. The lowest BCUT2D eigenvalue weighted by Crippen LogP contribution is -2.29. The summed E-state index contributed by atoms with van der Waals surface area (Å²) in [6.07, 6.45) is 1.19. The van der Waals surface area contributed by atoms with Crippen molar-refractivity contribution in [1.29, 1.82) is 0 Å². The molecule has 0 fully saturated rings. The van der Waals surface area contributed by atoms with Crippen molar-refractivity contribution >= 4 is 28.6 Å². The Kier molecular flexibility index (Phi) is 5.80. The maximum atomic E-state index is 12.9. The number of para-hydroxylation sites is 1. The van der Waals surface area contributed by atoms with Crippen LogP contribution in [0.1, 0.15) is 21.6 Å². The zero-order chi connectivity index (χ0) is 22.5. The Labute approximate surface area is 181 Å². The molecular weight excluding hydrogens is 410 g/mol. The quantitative estimate of drug-likeness (QED) is 0.288. The molecule has 0 atom stereocenters. The monoisotopic (exact) mass is 427 g/mol. The van der Waals surface area contributed by atoms with Gasteiger partial charge in [-0.1, -0.05) is 60.7 Å². The first-order valence-corrected chi connectivity index (χ1v) is 9.65. The number of nitro benzene ring substituents is 1. The number of fused-ring (bicyclic) bond motifs is 1. The van der Waals surface area contributed by atoms with Gasteiger partial charge in [0.25, 0.3) is 17.2 Å². The summed E-state index contributed by atoms with van der Waals surface area (Å²) in [6, 6.07) is 22.0. The zero-order valence-electron chi connectivity index (χ0n) is 16.7. The molecule has 3 aromatic carbocycles. The number of nitrogens with one attached hydrogen (secondary N) is 1. The molecule has 0 aliphatic heterocycles. The molecular formula is C23H17N5O4. The van der Waals surface area contributed by atoms with Crippen LogP contribution in [0, 0.1) is 10.1 Å². The minimum Gasteiger partial charge on any atom is -0.267 e. The Balaban J connectivity index is 1.67. The highest BCUT2D eigenvalue weighted by molar-refractivity contribution is 6.05. The summed E-state index contributed by atoms with van der Waals surface area (Å²) in [5.74, 6) is -0.641. The van der Waals surface area contributed by atoms with Gasteiger partial charge in [-0.25, -0.2) is 10.1 Å². The molecule has 0 spiro atoms. The van der Waals surface area contributed by atoms with Crippen LogP contribution in [0.3, 0.4) is 0 Å². The van der Waals surface area contributed by atoms with E-state index in [-0.39, 0.29) is 29.0 Å². The Morgan fingerprint density at radius 3 is 2.41 bits per heavy atom. The first-order chi connectivity index (χ1) is 15.5. The van der Waals surface area contributed by atoms with Crippen LogP contribution < -0.4 is 11.0 Å². The third-order valence-electron chi connectivity index (χ3n) is 4.76. The second-order valence-corrected chi connectivity index (χ2v) is 6.86. The highest BCUT2D eigenvalue weighted by atomic mass is 16.6. The number of hydrogen-bond donors (Lipinski definition) is 1. The van der Waals surface area contributed by atoms with Crippen LogP contribution in [-0.2, 0) is 6.54 Å². The summed E-state index contributed by atoms with van der Waals surface area (Å²) in [7, 11) is 0. The predicted octanol–water partition coefficient (Wildman–Crippen LogP) is 3.12. The highest BCUT2D eigenvalue weighted by Crippen LogP contribution is 2.16. The van der Waals surface area contributed by atoms with Gasteiger partial charge in [0, 0.05) is 11.5 Å². The number of carbonyl (C=O) groups is 1. The topological polar surface area (TPSA) is 119 Å². The fourth-order valence-corrected chi connectivity index (χ4v) is 3.24. The molecule has 1 aromatic heterocycles. The minimum absolute atomic E-state index is 0.0239. The van der Waals surface area contributed by atoms with Gasteiger partial charge in [0.15, 0.2) is 5.69 Å². The summed E-state index contributed by atoms with van der Waals surface area (Å²) in [5, 5.41) is 20.0. The molecule has 9 heteroatoms. The Morgan fingerprint density at radius 2 is 1.66 bits per heavy atom. The van der Waals surface area contributed by atoms with Gasteiger partial charge in [0.1, 0.15) is 0 Å². The van der Waals surface area contributed by atoms with Crippen molar-refractivity contribution in [2.75, 3.05) is 0 Å². The first-order valence-electron chi connectivity index (χ1n) is 9.65. The number of rotatable bonds is 6. The van der Waals surface area contributed by atoms with Crippen LogP contribution in [0.25, 0.3) is 10.8 Å². The molecule has 4 aromatic rings. The third kappa shape index (κ3) is 4.26. The summed E-state index contributed by atoms with van der Waals surface area (Å²) in [6.45, 7) is 0.199. The fraction of sp³-hybridized carbons (Fsp3) is 0.0435. The number of nitro groups is 1. The number of carbonyl (C=O) groups excluding carboxylic acids is 1. The van der Waals surface area contributed by atoms with Crippen LogP contribution in [-0.4, -0.2) is 26.8 Å². The lowest BCUT2D eigenvalue weighted by Gasteiger charge is -2.10. The molecule has 1 heterocycles. The first kappa shape index (κ1) is 20.6. The molecule has 1 amide bonds. The maximum absolute atomic E-state index is 12.9. The largest absolute Gasteiger partial charge is 0.292 e. The number of hydrazone groups is 1. The van der Waals surface area contributed by atoms with Crippen LogP contribution in [0.15, 0.2) is 88.8 Å². The molecule has 0 radical (unpaired) electrons. The van der Waals surface area contributed by atoms with Gasteiger partial charge < -0.3 is 0 Å². The van der Waals surface area contributed by atoms with Crippen LogP contribution >= 0.6 is 0 Å². The molecule has 0 aliphatic rings. The molecule has 9 nitrogen and oxygen atoms in total. The van der Waals surface area contributed by atoms with E-state index in [0.29, 0.717) is 10.8 Å². The number of amides is 1. The zero-order valence-corrected chi connectivity index (χ0v) is 16.7. The lowest BCUT2D eigenvalue weighted by atomic mass is 10.1. The molecule has 0 saturated carbocycles. The SMILES string of the molecule is O=C(NN=Cc1ccccc1[N+](=O)[O-])c1nn(Cc2ccccc2)c(=O)c2ccccc12. The summed E-state index contributed by atoms with van der Waals surface area (Å²) < 4.78 is 1.23. The maximum Gasteiger partial charge on any atom is 0.292 e. The summed E-state index contributed by atoms with van der Waals surface area (Å²) in [4.78, 5) is 36.3. The van der Waals surface area contributed by atoms with Gasteiger partial charge in [-0.05, 0) is 17.7 Å². The molecule has 1 N–H and O–H groups in total.